The quantitative estimate of drug-likeness (QED) is 0.688. The topological polar surface area (TPSA) is 66.8 Å². The van der Waals surface area contributed by atoms with Gasteiger partial charge < -0.3 is 9.84 Å². The van der Waals surface area contributed by atoms with Crippen LogP contribution in [0.3, 0.4) is 0 Å². The molecule has 0 saturated carbocycles. The van der Waals surface area contributed by atoms with Gasteiger partial charge in [-0.25, -0.2) is 4.90 Å². The van der Waals surface area contributed by atoms with Gasteiger partial charge in [0.1, 0.15) is 5.75 Å². The van der Waals surface area contributed by atoms with Crippen LogP contribution >= 0.6 is 23.4 Å². The molecule has 0 aromatic heterocycles. The van der Waals surface area contributed by atoms with Crippen molar-refractivity contribution in [3.05, 3.63) is 63.5 Å². The summed E-state index contributed by atoms with van der Waals surface area (Å²) in [5, 5.41) is 9.68. The Morgan fingerprint density at radius 1 is 1.11 bits per heavy atom. The van der Waals surface area contributed by atoms with Crippen molar-refractivity contribution >= 4 is 46.4 Å². The molecular weight excluding hydrogens is 398 g/mol. The molecule has 0 saturated heterocycles. The predicted octanol–water partition coefficient (Wildman–Crippen LogP) is 4.06. The third kappa shape index (κ3) is 3.94. The van der Waals surface area contributed by atoms with E-state index in [-0.39, 0.29) is 6.61 Å². The maximum absolute atomic E-state index is 13.2. The van der Waals surface area contributed by atoms with E-state index >= 15 is 0 Å². The van der Waals surface area contributed by atoms with Crippen molar-refractivity contribution in [1.29, 1.82) is 0 Å². The third-order valence-electron chi connectivity index (χ3n) is 4.25. The minimum absolute atomic E-state index is 0.0947. The van der Waals surface area contributed by atoms with Crippen LogP contribution < -0.4 is 9.64 Å². The number of thioether (sulfide) groups is 1. The fourth-order valence-electron chi connectivity index (χ4n) is 2.89. The largest absolute Gasteiger partial charge is 0.494 e. The van der Waals surface area contributed by atoms with E-state index < -0.39 is 11.8 Å². The average Bonchev–Trinajstić information content (AvgIpc) is 2.93. The lowest BCUT2D eigenvalue weighted by molar-refractivity contribution is -0.119. The first kappa shape index (κ1) is 20.5. The lowest BCUT2D eigenvalue weighted by Crippen LogP contribution is -2.31. The number of anilines is 1. The Labute approximate surface area is 172 Å². The van der Waals surface area contributed by atoms with Crippen LogP contribution in [-0.2, 0) is 9.59 Å². The molecule has 1 aliphatic rings. The van der Waals surface area contributed by atoms with Gasteiger partial charge in [-0.2, -0.15) is 0 Å². The highest BCUT2D eigenvalue weighted by Crippen LogP contribution is 2.39. The van der Waals surface area contributed by atoms with Gasteiger partial charge in [0.2, 0.25) is 0 Å². The Morgan fingerprint density at radius 2 is 1.82 bits per heavy atom. The number of benzene rings is 2. The SMILES string of the molecule is CCOc1ccc(C2=C(SCCO)C(=O)N(c3ccc(C)c(Cl)c3)C2=O)cc1. The summed E-state index contributed by atoms with van der Waals surface area (Å²) in [4.78, 5) is 27.7. The van der Waals surface area contributed by atoms with Crippen LogP contribution in [0.4, 0.5) is 5.69 Å². The first-order valence-corrected chi connectivity index (χ1v) is 10.2. The van der Waals surface area contributed by atoms with Gasteiger partial charge in [-0.05, 0) is 49.2 Å². The summed E-state index contributed by atoms with van der Waals surface area (Å²) in [7, 11) is 0. The summed E-state index contributed by atoms with van der Waals surface area (Å²) < 4.78 is 5.45. The predicted molar refractivity (Wildman–Crippen MR) is 113 cm³/mol. The molecule has 1 N–H and O–H groups in total. The van der Waals surface area contributed by atoms with Crippen molar-refractivity contribution in [3.63, 3.8) is 0 Å². The molecule has 146 valence electrons. The van der Waals surface area contributed by atoms with E-state index in [2.05, 4.69) is 0 Å². The number of hydrogen-bond donors (Lipinski definition) is 1. The molecule has 2 amide bonds. The van der Waals surface area contributed by atoms with E-state index in [0.717, 1.165) is 10.5 Å². The third-order valence-corrected chi connectivity index (χ3v) is 5.71. The molecule has 0 atom stereocenters. The molecule has 28 heavy (non-hydrogen) atoms. The molecule has 5 nitrogen and oxygen atoms in total. The number of amides is 2. The maximum Gasteiger partial charge on any atom is 0.272 e. The summed E-state index contributed by atoms with van der Waals surface area (Å²) in [5.74, 6) is 0.189. The van der Waals surface area contributed by atoms with Gasteiger partial charge in [0.25, 0.3) is 11.8 Å². The fourth-order valence-corrected chi connectivity index (χ4v) is 3.92. The summed E-state index contributed by atoms with van der Waals surface area (Å²) in [5.41, 5.74) is 2.24. The molecule has 2 aromatic rings. The molecular formula is C21H20ClNO4S. The first-order chi connectivity index (χ1) is 13.5. The number of carbonyl (C=O) groups excluding carboxylic acids is 2. The standard InChI is InChI=1S/C21H20ClNO4S/c1-3-27-16-8-5-14(6-9-16)18-19(28-11-10-24)21(26)23(20(18)25)15-7-4-13(2)17(22)12-15/h4-9,12,24H,3,10-11H2,1-2H3. The van der Waals surface area contributed by atoms with E-state index in [9.17, 15) is 14.7 Å². The van der Waals surface area contributed by atoms with E-state index in [1.807, 2.05) is 13.8 Å². The van der Waals surface area contributed by atoms with Gasteiger partial charge in [-0.15, -0.1) is 11.8 Å². The number of ether oxygens (including phenoxy) is 1. The Bertz CT molecular complexity index is 940. The average molecular weight is 418 g/mol. The summed E-state index contributed by atoms with van der Waals surface area (Å²) in [6.45, 7) is 4.19. The van der Waals surface area contributed by atoms with Gasteiger partial charge in [0.05, 0.1) is 29.4 Å². The van der Waals surface area contributed by atoms with Gasteiger partial charge >= 0.3 is 0 Å². The van der Waals surface area contributed by atoms with E-state index in [4.69, 9.17) is 16.3 Å². The summed E-state index contributed by atoms with van der Waals surface area (Å²) in [6, 6.07) is 12.1. The van der Waals surface area contributed by atoms with Crippen molar-refractivity contribution < 1.29 is 19.4 Å². The van der Waals surface area contributed by atoms with Crippen molar-refractivity contribution in [2.45, 2.75) is 13.8 Å². The number of halogens is 1. The van der Waals surface area contributed by atoms with Crippen LogP contribution in [0.5, 0.6) is 5.75 Å². The fraction of sp³-hybridized carbons (Fsp3) is 0.238. The monoisotopic (exact) mass is 417 g/mol. The number of rotatable bonds is 7. The molecule has 0 bridgehead atoms. The lowest BCUT2D eigenvalue weighted by Gasteiger charge is -2.16. The maximum atomic E-state index is 13.2. The Balaban J connectivity index is 2.03. The molecule has 0 radical (unpaired) electrons. The van der Waals surface area contributed by atoms with Crippen LogP contribution in [0.15, 0.2) is 47.4 Å². The molecule has 0 unspecified atom stereocenters. The second-order valence-corrected chi connectivity index (χ2v) is 7.63. The second kappa shape index (κ2) is 8.82. The first-order valence-electron chi connectivity index (χ1n) is 8.84. The number of nitrogens with zero attached hydrogens (tertiary/aromatic N) is 1. The normalized spacial score (nSPS) is 14.2. The Morgan fingerprint density at radius 3 is 2.43 bits per heavy atom. The minimum Gasteiger partial charge on any atom is -0.494 e. The number of aliphatic hydroxyl groups excluding tert-OH is 1. The zero-order chi connectivity index (χ0) is 20.3. The van der Waals surface area contributed by atoms with Gasteiger partial charge in [-0.1, -0.05) is 29.8 Å². The van der Waals surface area contributed by atoms with Crippen LogP contribution in [0.25, 0.3) is 5.57 Å². The van der Waals surface area contributed by atoms with E-state index in [1.54, 1.807) is 42.5 Å². The lowest BCUT2D eigenvalue weighted by atomic mass is 10.1. The molecule has 1 heterocycles. The second-order valence-electron chi connectivity index (χ2n) is 6.11. The van der Waals surface area contributed by atoms with Crippen LogP contribution in [0.2, 0.25) is 5.02 Å². The smallest absolute Gasteiger partial charge is 0.272 e. The zero-order valence-electron chi connectivity index (χ0n) is 15.6. The van der Waals surface area contributed by atoms with Gasteiger partial charge in [0, 0.05) is 10.8 Å². The Hall–Kier alpha value is -2.28. The van der Waals surface area contributed by atoms with Crippen molar-refractivity contribution in [1.82, 2.24) is 0 Å². The molecule has 3 rings (SSSR count). The molecule has 2 aromatic carbocycles. The zero-order valence-corrected chi connectivity index (χ0v) is 17.1. The molecule has 7 heteroatoms. The number of aliphatic hydroxyl groups is 1. The highest BCUT2D eigenvalue weighted by atomic mass is 35.5. The van der Waals surface area contributed by atoms with Gasteiger partial charge in [0.15, 0.2) is 0 Å². The minimum atomic E-state index is -0.410. The van der Waals surface area contributed by atoms with Gasteiger partial charge in [-0.3, -0.25) is 9.59 Å². The highest BCUT2D eigenvalue weighted by molar-refractivity contribution is 8.04. The molecule has 1 aliphatic heterocycles. The molecule has 0 spiro atoms. The van der Waals surface area contributed by atoms with Crippen molar-refractivity contribution in [3.8, 4) is 5.75 Å². The van der Waals surface area contributed by atoms with Crippen molar-refractivity contribution in [2.24, 2.45) is 0 Å². The summed E-state index contributed by atoms with van der Waals surface area (Å²) >= 11 is 7.37. The number of hydrogen-bond acceptors (Lipinski definition) is 5. The van der Waals surface area contributed by atoms with E-state index in [0.29, 0.717) is 44.9 Å². The highest BCUT2D eigenvalue weighted by Gasteiger charge is 2.40. The number of aryl methyl sites for hydroxylation is 1. The number of imide groups is 1. The number of carbonyl (C=O) groups is 2. The van der Waals surface area contributed by atoms with Crippen molar-refractivity contribution in [2.75, 3.05) is 23.9 Å². The summed E-state index contributed by atoms with van der Waals surface area (Å²) in [6.07, 6.45) is 0. The van der Waals surface area contributed by atoms with Crippen LogP contribution in [0, 0.1) is 6.92 Å². The Kier molecular flexibility index (Phi) is 6.44. The van der Waals surface area contributed by atoms with Crippen LogP contribution in [0.1, 0.15) is 18.1 Å². The molecule has 0 aliphatic carbocycles. The van der Waals surface area contributed by atoms with E-state index in [1.165, 1.54) is 11.8 Å². The molecule has 0 fully saturated rings. The van der Waals surface area contributed by atoms with Crippen LogP contribution in [-0.4, -0.2) is 35.9 Å².